The first kappa shape index (κ1) is 15.1. The van der Waals surface area contributed by atoms with Crippen LogP contribution in [0.15, 0.2) is 16.6 Å². The molecule has 1 aliphatic heterocycles. The first-order chi connectivity index (χ1) is 9.31. The van der Waals surface area contributed by atoms with Gasteiger partial charge in [-0.05, 0) is 30.0 Å². The summed E-state index contributed by atoms with van der Waals surface area (Å²) in [5.74, 6) is -0.602. The maximum absolute atomic E-state index is 13.9. The molecular formula is C12H14BrF2N3O2. The maximum Gasteiger partial charge on any atom is 0.293 e. The number of alkyl halides is 1. The average Bonchev–Trinajstić information content (AvgIpc) is 2.74. The Morgan fingerprint density at radius 3 is 2.60 bits per heavy atom. The van der Waals surface area contributed by atoms with Gasteiger partial charge in [-0.15, -0.1) is 0 Å². The second-order valence-electron chi connectivity index (χ2n) is 4.96. The fourth-order valence-electron chi connectivity index (χ4n) is 2.36. The molecule has 0 unspecified atom stereocenters. The van der Waals surface area contributed by atoms with Gasteiger partial charge in [0.05, 0.1) is 22.0 Å². The highest BCUT2D eigenvalue weighted by Gasteiger charge is 2.37. The number of hydrogen-bond donors (Lipinski definition) is 0. The number of hydrogen-bond acceptors (Lipinski definition) is 4. The number of anilines is 1. The lowest BCUT2D eigenvalue weighted by Gasteiger charge is -2.21. The summed E-state index contributed by atoms with van der Waals surface area (Å²) in [6.45, 7) is 0.306. The van der Waals surface area contributed by atoms with Crippen LogP contribution in [0.25, 0.3) is 0 Å². The SMILES string of the molecule is CN(C)[C@H]1CN(c2cc(F)c(Br)cc2[N+](=O)[O-])C[C@@H]1F. The van der Waals surface area contributed by atoms with Gasteiger partial charge in [-0.1, -0.05) is 0 Å². The van der Waals surface area contributed by atoms with Gasteiger partial charge in [0.25, 0.3) is 5.69 Å². The highest BCUT2D eigenvalue weighted by Crippen LogP contribution is 2.36. The Kier molecular flexibility index (Phi) is 4.24. The van der Waals surface area contributed by atoms with Gasteiger partial charge in [-0.25, -0.2) is 8.78 Å². The molecule has 8 heteroatoms. The average molecular weight is 350 g/mol. The molecule has 1 saturated heterocycles. The van der Waals surface area contributed by atoms with Gasteiger partial charge in [0.15, 0.2) is 0 Å². The molecule has 1 fully saturated rings. The molecule has 1 heterocycles. The smallest absolute Gasteiger partial charge is 0.293 e. The zero-order chi connectivity index (χ0) is 15.0. The number of nitrogens with zero attached hydrogens (tertiary/aromatic N) is 3. The first-order valence-electron chi connectivity index (χ1n) is 6.00. The van der Waals surface area contributed by atoms with E-state index in [9.17, 15) is 18.9 Å². The van der Waals surface area contributed by atoms with Crippen LogP contribution < -0.4 is 4.90 Å². The van der Waals surface area contributed by atoms with Gasteiger partial charge >= 0.3 is 0 Å². The van der Waals surface area contributed by atoms with Crippen LogP contribution in [-0.2, 0) is 0 Å². The molecule has 1 aromatic carbocycles. The molecule has 0 radical (unpaired) electrons. The minimum atomic E-state index is -1.13. The summed E-state index contributed by atoms with van der Waals surface area (Å²) in [5, 5.41) is 11.1. The number of likely N-dealkylation sites (N-methyl/N-ethyl adjacent to an activating group) is 1. The number of benzene rings is 1. The molecule has 0 N–H and O–H groups in total. The third-order valence-electron chi connectivity index (χ3n) is 3.44. The normalized spacial score (nSPS) is 22.6. The predicted molar refractivity (Wildman–Crippen MR) is 75.3 cm³/mol. The third kappa shape index (κ3) is 2.76. The third-order valence-corrected chi connectivity index (χ3v) is 4.05. The molecule has 5 nitrogen and oxygen atoms in total. The van der Waals surface area contributed by atoms with Crippen molar-refractivity contribution >= 4 is 27.3 Å². The van der Waals surface area contributed by atoms with Crippen molar-refractivity contribution in [2.75, 3.05) is 32.1 Å². The fourth-order valence-corrected chi connectivity index (χ4v) is 2.69. The molecule has 0 saturated carbocycles. The van der Waals surface area contributed by atoms with E-state index in [1.54, 1.807) is 19.0 Å². The lowest BCUT2D eigenvalue weighted by atomic mass is 10.2. The van der Waals surface area contributed by atoms with E-state index in [0.29, 0.717) is 0 Å². The van der Waals surface area contributed by atoms with E-state index in [0.717, 1.165) is 12.1 Å². The van der Waals surface area contributed by atoms with E-state index in [-0.39, 0.29) is 35.0 Å². The molecule has 0 aromatic heterocycles. The van der Waals surface area contributed by atoms with Crippen LogP contribution >= 0.6 is 15.9 Å². The van der Waals surface area contributed by atoms with Crippen LogP contribution in [0, 0.1) is 15.9 Å². The fraction of sp³-hybridized carbons (Fsp3) is 0.500. The highest BCUT2D eigenvalue weighted by atomic mass is 79.9. The van der Waals surface area contributed by atoms with E-state index in [1.807, 2.05) is 0 Å². The second-order valence-corrected chi connectivity index (χ2v) is 5.82. The predicted octanol–water partition coefficient (Wildman–Crippen LogP) is 2.58. The highest BCUT2D eigenvalue weighted by molar-refractivity contribution is 9.10. The summed E-state index contributed by atoms with van der Waals surface area (Å²) in [6, 6.07) is 1.83. The van der Waals surface area contributed by atoms with Crippen LogP contribution in [0.2, 0.25) is 0 Å². The van der Waals surface area contributed by atoms with Crippen LogP contribution in [0.3, 0.4) is 0 Å². The Balaban J connectivity index is 2.38. The Labute approximate surface area is 123 Å². The van der Waals surface area contributed by atoms with Crippen LogP contribution in [0.5, 0.6) is 0 Å². The van der Waals surface area contributed by atoms with Gasteiger partial charge in [-0.3, -0.25) is 10.1 Å². The van der Waals surface area contributed by atoms with Crippen molar-refractivity contribution in [1.82, 2.24) is 4.90 Å². The van der Waals surface area contributed by atoms with E-state index in [4.69, 9.17) is 0 Å². The topological polar surface area (TPSA) is 49.6 Å². The molecular weight excluding hydrogens is 336 g/mol. The number of nitro benzene ring substituents is 1. The van der Waals surface area contributed by atoms with Crippen molar-refractivity contribution in [3.8, 4) is 0 Å². The van der Waals surface area contributed by atoms with Gasteiger partial charge < -0.3 is 9.80 Å². The molecule has 0 spiro atoms. The van der Waals surface area contributed by atoms with Crippen molar-refractivity contribution < 1.29 is 13.7 Å². The van der Waals surface area contributed by atoms with E-state index in [2.05, 4.69) is 15.9 Å². The Morgan fingerprint density at radius 1 is 1.45 bits per heavy atom. The van der Waals surface area contributed by atoms with Crippen LogP contribution in [0.4, 0.5) is 20.2 Å². The second kappa shape index (κ2) is 5.61. The van der Waals surface area contributed by atoms with Gasteiger partial charge in [0, 0.05) is 18.7 Å². The molecule has 0 aliphatic carbocycles. The summed E-state index contributed by atoms with van der Waals surface area (Å²) in [6.07, 6.45) is -1.13. The minimum absolute atomic E-state index is 0.0186. The summed E-state index contributed by atoms with van der Waals surface area (Å²) in [7, 11) is 3.49. The number of rotatable bonds is 3. The summed E-state index contributed by atoms with van der Waals surface area (Å²) in [4.78, 5) is 13.7. The Bertz CT molecular complexity index is 542. The van der Waals surface area contributed by atoms with Crippen molar-refractivity contribution in [3.05, 3.63) is 32.5 Å². The Hall–Kier alpha value is -1.28. The standard InChI is InChI=1S/C12H14BrF2N3O2/c1-16(2)12-6-17(5-9(12)15)10-4-8(14)7(13)3-11(10)18(19)20/h3-4,9,12H,5-6H2,1-2H3/t9-,12-/m0/s1. The molecule has 0 bridgehead atoms. The van der Waals surface area contributed by atoms with Crippen molar-refractivity contribution in [1.29, 1.82) is 0 Å². The summed E-state index contributed by atoms with van der Waals surface area (Å²) < 4.78 is 27.6. The monoisotopic (exact) mass is 349 g/mol. The first-order valence-corrected chi connectivity index (χ1v) is 6.79. The van der Waals surface area contributed by atoms with Crippen LogP contribution in [-0.4, -0.2) is 49.2 Å². The largest absolute Gasteiger partial charge is 0.361 e. The zero-order valence-corrected chi connectivity index (χ0v) is 12.6. The van der Waals surface area contributed by atoms with Crippen LogP contribution in [0.1, 0.15) is 0 Å². The molecule has 2 rings (SSSR count). The van der Waals surface area contributed by atoms with E-state index in [1.165, 1.54) is 4.90 Å². The van der Waals surface area contributed by atoms with Gasteiger partial charge in [0.2, 0.25) is 0 Å². The molecule has 1 aliphatic rings. The minimum Gasteiger partial charge on any atom is -0.361 e. The zero-order valence-electron chi connectivity index (χ0n) is 11.0. The van der Waals surface area contributed by atoms with Crippen molar-refractivity contribution in [2.24, 2.45) is 0 Å². The van der Waals surface area contributed by atoms with Crippen molar-refractivity contribution in [2.45, 2.75) is 12.2 Å². The maximum atomic E-state index is 13.9. The molecule has 1 aromatic rings. The lowest BCUT2D eigenvalue weighted by molar-refractivity contribution is -0.384. The van der Waals surface area contributed by atoms with Gasteiger partial charge in [0.1, 0.15) is 17.7 Å². The lowest BCUT2D eigenvalue weighted by Crippen LogP contribution is -2.36. The molecule has 110 valence electrons. The Morgan fingerprint density at radius 2 is 2.10 bits per heavy atom. The summed E-state index contributed by atoms with van der Waals surface area (Å²) >= 11 is 2.92. The molecule has 0 amide bonds. The molecule has 20 heavy (non-hydrogen) atoms. The van der Waals surface area contributed by atoms with E-state index < -0.39 is 16.9 Å². The number of nitro groups is 1. The van der Waals surface area contributed by atoms with E-state index >= 15 is 0 Å². The quantitative estimate of drug-likeness (QED) is 0.621. The molecule has 2 atom stereocenters. The number of halogens is 3. The van der Waals surface area contributed by atoms with Gasteiger partial charge in [-0.2, -0.15) is 0 Å². The summed E-state index contributed by atoms with van der Waals surface area (Å²) in [5.41, 5.74) is -0.118. The van der Waals surface area contributed by atoms with Crippen molar-refractivity contribution in [3.63, 3.8) is 0 Å².